The average Bonchev–Trinajstić information content (AvgIpc) is 2.95. The number of nitrogens with one attached hydrogen (secondary N) is 1. The highest BCUT2D eigenvalue weighted by atomic mass is 32.2. The summed E-state index contributed by atoms with van der Waals surface area (Å²) in [5.74, 6) is -0.901. The molecule has 1 amide bonds. The lowest BCUT2D eigenvalue weighted by Crippen LogP contribution is -2.41. The predicted molar refractivity (Wildman–Crippen MR) is 96.2 cm³/mol. The molecule has 0 spiro atoms. The molecule has 1 aliphatic carbocycles. The van der Waals surface area contributed by atoms with Gasteiger partial charge in [0.15, 0.2) is 0 Å². The summed E-state index contributed by atoms with van der Waals surface area (Å²) in [5.41, 5.74) is 2.02. The van der Waals surface area contributed by atoms with E-state index in [0.29, 0.717) is 6.42 Å². The highest BCUT2D eigenvalue weighted by Gasteiger charge is 2.51. The maximum absolute atomic E-state index is 12.2. The molecule has 1 fully saturated rings. The third-order valence-electron chi connectivity index (χ3n) is 5.37. The van der Waals surface area contributed by atoms with E-state index in [1.165, 1.54) is 0 Å². The van der Waals surface area contributed by atoms with Crippen LogP contribution in [0.2, 0.25) is 0 Å². The van der Waals surface area contributed by atoms with E-state index < -0.39 is 40.2 Å². The van der Waals surface area contributed by atoms with E-state index in [1.807, 2.05) is 45.9 Å². The number of sulfonamides is 1. The van der Waals surface area contributed by atoms with Gasteiger partial charge in [-0.15, -0.1) is 0 Å². The van der Waals surface area contributed by atoms with Crippen LogP contribution in [0.25, 0.3) is 0 Å². The molecule has 6 nitrogen and oxygen atoms in total. The Bertz CT molecular complexity index is 802. The Morgan fingerprint density at radius 2 is 1.80 bits per heavy atom. The molecule has 2 aliphatic rings. The van der Waals surface area contributed by atoms with E-state index >= 15 is 0 Å². The molecule has 136 valence electrons. The van der Waals surface area contributed by atoms with Gasteiger partial charge in [-0.1, -0.05) is 18.2 Å². The first-order valence-corrected chi connectivity index (χ1v) is 10.3. The van der Waals surface area contributed by atoms with E-state index in [1.54, 1.807) is 0 Å². The number of carbonyl (C=O) groups excluding carboxylic acids is 1. The van der Waals surface area contributed by atoms with Crippen molar-refractivity contribution in [2.45, 2.75) is 57.7 Å². The van der Waals surface area contributed by atoms with Gasteiger partial charge in [-0.2, -0.15) is 0 Å². The summed E-state index contributed by atoms with van der Waals surface area (Å²) in [6, 6.07) is 5.79. The highest BCUT2D eigenvalue weighted by Crippen LogP contribution is 2.37. The number of rotatable bonds is 3. The average molecular weight is 365 g/mol. The largest absolute Gasteiger partial charge is 0.494 e. The van der Waals surface area contributed by atoms with Crippen molar-refractivity contribution in [3.8, 4) is 0 Å². The fraction of sp³-hybridized carbons (Fsp3) is 0.588. The van der Waals surface area contributed by atoms with Crippen molar-refractivity contribution in [3.05, 3.63) is 29.3 Å². The SMILES string of the molecule is CC1(C)OB(c2ccc3c(c2)CCC3C(=O)NS(C)(=O)=O)OC1(C)C. The zero-order valence-corrected chi connectivity index (χ0v) is 16.1. The fourth-order valence-electron chi connectivity index (χ4n) is 3.29. The maximum atomic E-state index is 12.2. The van der Waals surface area contributed by atoms with Gasteiger partial charge in [-0.05, 0) is 57.1 Å². The third-order valence-corrected chi connectivity index (χ3v) is 5.94. The second-order valence-electron chi connectivity index (χ2n) is 7.88. The van der Waals surface area contributed by atoms with Crippen molar-refractivity contribution < 1.29 is 22.5 Å². The van der Waals surface area contributed by atoms with Crippen LogP contribution in [0.15, 0.2) is 18.2 Å². The summed E-state index contributed by atoms with van der Waals surface area (Å²) in [5, 5.41) is 0. The van der Waals surface area contributed by atoms with Crippen molar-refractivity contribution in [3.63, 3.8) is 0 Å². The first kappa shape index (κ1) is 18.4. The summed E-state index contributed by atoms with van der Waals surface area (Å²) in [6.07, 6.45) is 2.32. The van der Waals surface area contributed by atoms with Crippen LogP contribution in [0.5, 0.6) is 0 Å². The second-order valence-corrected chi connectivity index (χ2v) is 9.62. The number of fused-ring (bicyclic) bond motifs is 1. The van der Waals surface area contributed by atoms with Gasteiger partial charge in [0, 0.05) is 0 Å². The van der Waals surface area contributed by atoms with E-state index in [4.69, 9.17) is 9.31 Å². The van der Waals surface area contributed by atoms with Gasteiger partial charge in [0.25, 0.3) is 0 Å². The first-order chi connectivity index (χ1) is 11.4. The summed E-state index contributed by atoms with van der Waals surface area (Å²) in [7, 11) is -4.00. The Balaban J connectivity index is 1.82. The lowest BCUT2D eigenvalue weighted by molar-refractivity contribution is -0.120. The molecule has 1 saturated heterocycles. The fourth-order valence-corrected chi connectivity index (χ4v) is 3.80. The van der Waals surface area contributed by atoms with E-state index in [0.717, 1.165) is 29.3 Å². The molecule has 1 N–H and O–H groups in total. The molecule has 0 saturated carbocycles. The Morgan fingerprint density at radius 1 is 1.20 bits per heavy atom. The van der Waals surface area contributed by atoms with Crippen LogP contribution in [-0.2, 0) is 30.5 Å². The third kappa shape index (κ3) is 3.48. The highest BCUT2D eigenvalue weighted by molar-refractivity contribution is 7.89. The normalized spacial score (nSPS) is 24.2. The molecule has 1 atom stereocenters. The molecule has 1 aliphatic heterocycles. The van der Waals surface area contributed by atoms with E-state index in [2.05, 4.69) is 4.72 Å². The first-order valence-electron chi connectivity index (χ1n) is 8.40. The molecule has 1 aromatic carbocycles. The van der Waals surface area contributed by atoms with Crippen LogP contribution in [0, 0.1) is 0 Å². The van der Waals surface area contributed by atoms with Gasteiger partial charge >= 0.3 is 7.12 Å². The number of aryl methyl sites for hydroxylation is 1. The van der Waals surface area contributed by atoms with Crippen molar-refractivity contribution in [1.29, 1.82) is 0 Å². The number of carbonyl (C=O) groups is 1. The maximum Gasteiger partial charge on any atom is 0.494 e. The van der Waals surface area contributed by atoms with Gasteiger partial charge in [-0.3, -0.25) is 9.52 Å². The number of hydrogen-bond donors (Lipinski definition) is 1. The zero-order chi connectivity index (χ0) is 18.6. The Morgan fingerprint density at radius 3 is 2.36 bits per heavy atom. The van der Waals surface area contributed by atoms with Crippen LogP contribution in [-0.4, -0.2) is 38.9 Å². The lowest BCUT2D eigenvalue weighted by atomic mass is 9.77. The second kappa shape index (κ2) is 5.82. The summed E-state index contributed by atoms with van der Waals surface area (Å²) < 4.78 is 36.8. The Hall–Kier alpha value is -1.38. The summed E-state index contributed by atoms with van der Waals surface area (Å²) in [4.78, 5) is 12.2. The molecule has 1 heterocycles. The van der Waals surface area contributed by atoms with Crippen molar-refractivity contribution in [2.24, 2.45) is 0 Å². The van der Waals surface area contributed by atoms with Gasteiger partial charge in [-0.25, -0.2) is 8.42 Å². The van der Waals surface area contributed by atoms with Crippen molar-refractivity contribution in [2.75, 3.05) is 6.26 Å². The molecular formula is C17H24BNO5S. The monoisotopic (exact) mass is 365 g/mol. The molecule has 8 heteroatoms. The molecule has 0 aromatic heterocycles. The molecule has 25 heavy (non-hydrogen) atoms. The van der Waals surface area contributed by atoms with Crippen LogP contribution in [0.4, 0.5) is 0 Å². The Kier molecular flexibility index (Phi) is 4.29. The molecular weight excluding hydrogens is 341 g/mol. The van der Waals surface area contributed by atoms with E-state index in [-0.39, 0.29) is 0 Å². The minimum atomic E-state index is -3.55. The predicted octanol–water partition coefficient (Wildman–Crippen LogP) is 1.09. The zero-order valence-electron chi connectivity index (χ0n) is 15.3. The number of benzene rings is 1. The minimum Gasteiger partial charge on any atom is -0.399 e. The topological polar surface area (TPSA) is 81.7 Å². The van der Waals surface area contributed by atoms with Gasteiger partial charge in [0.1, 0.15) is 0 Å². The minimum absolute atomic E-state index is 0.408. The van der Waals surface area contributed by atoms with Crippen LogP contribution >= 0.6 is 0 Å². The van der Waals surface area contributed by atoms with Crippen LogP contribution < -0.4 is 10.2 Å². The quantitative estimate of drug-likeness (QED) is 0.811. The Labute approximate surface area is 149 Å². The smallest absolute Gasteiger partial charge is 0.399 e. The molecule has 3 rings (SSSR count). The van der Waals surface area contributed by atoms with Gasteiger partial charge < -0.3 is 9.31 Å². The number of hydrogen-bond acceptors (Lipinski definition) is 5. The van der Waals surface area contributed by atoms with E-state index in [9.17, 15) is 13.2 Å². The van der Waals surface area contributed by atoms with Gasteiger partial charge in [0.05, 0.1) is 23.4 Å². The lowest BCUT2D eigenvalue weighted by Gasteiger charge is -2.32. The molecule has 1 aromatic rings. The van der Waals surface area contributed by atoms with Crippen molar-refractivity contribution in [1.82, 2.24) is 4.72 Å². The van der Waals surface area contributed by atoms with Crippen LogP contribution in [0.3, 0.4) is 0 Å². The van der Waals surface area contributed by atoms with Crippen molar-refractivity contribution >= 4 is 28.5 Å². The standard InChI is InChI=1S/C17H24BNO5S/c1-16(2)17(3,4)24-18(23-16)12-7-9-13-11(10-12)6-8-14(13)15(20)19-25(5,21)22/h7,9-10,14H,6,8H2,1-5H3,(H,19,20). The molecule has 0 radical (unpaired) electrons. The van der Waals surface area contributed by atoms with Gasteiger partial charge in [0.2, 0.25) is 15.9 Å². The number of amides is 1. The molecule has 0 bridgehead atoms. The summed E-state index contributed by atoms with van der Waals surface area (Å²) in [6.45, 7) is 8.02. The summed E-state index contributed by atoms with van der Waals surface area (Å²) >= 11 is 0. The molecule has 1 unspecified atom stereocenters. The van der Waals surface area contributed by atoms with Crippen LogP contribution in [0.1, 0.15) is 51.2 Å².